The second kappa shape index (κ2) is 7.25. The molecule has 96 valence electrons. The van der Waals surface area contributed by atoms with Gasteiger partial charge in [-0.3, -0.25) is 4.90 Å². The summed E-state index contributed by atoms with van der Waals surface area (Å²) in [4.78, 5) is 2.15. The molecule has 3 nitrogen and oxygen atoms in total. The molecule has 0 fully saturated rings. The van der Waals surface area contributed by atoms with E-state index in [1.807, 2.05) is 6.92 Å². The lowest BCUT2D eigenvalue weighted by Crippen LogP contribution is -2.25. The van der Waals surface area contributed by atoms with E-state index >= 15 is 0 Å². The minimum Gasteiger partial charge on any atom is -0.496 e. The van der Waals surface area contributed by atoms with Crippen LogP contribution in [0, 0.1) is 5.82 Å². The fourth-order valence-electron chi connectivity index (χ4n) is 1.75. The lowest BCUT2D eigenvalue weighted by Gasteiger charge is -2.21. The summed E-state index contributed by atoms with van der Waals surface area (Å²) in [7, 11) is 1.58. The molecule has 0 atom stereocenters. The van der Waals surface area contributed by atoms with Crippen LogP contribution in [0.2, 0.25) is 0 Å². The van der Waals surface area contributed by atoms with Crippen molar-refractivity contribution >= 4 is 0 Å². The van der Waals surface area contributed by atoms with Gasteiger partial charge in [-0.2, -0.15) is 0 Å². The molecule has 17 heavy (non-hydrogen) atoms. The predicted molar refractivity (Wildman–Crippen MR) is 65.6 cm³/mol. The topological polar surface area (TPSA) is 32.7 Å². The zero-order valence-electron chi connectivity index (χ0n) is 10.4. The first-order valence-corrected chi connectivity index (χ1v) is 5.86. The Morgan fingerprint density at radius 2 is 2.18 bits per heavy atom. The van der Waals surface area contributed by atoms with Gasteiger partial charge in [0.15, 0.2) is 0 Å². The van der Waals surface area contributed by atoms with Crippen LogP contribution in [0.1, 0.15) is 18.9 Å². The van der Waals surface area contributed by atoms with Crippen LogP contribution in [-0.4, -0.2) is 36.8 Å². The maximum Gasteiger partial charge on any atom is 0.123 e. The highest BCUT2D eigenvalue weighted by atomic mass is 19.1. The number of aliphatic hydroxyl groups is 1. The Morgan fingerprint density at radius 3 is 2.76 bits per heavy atom. The van der Waals surface area contributed by atoms with Gasteiger partial charge in [-0.1, -0.05) is 6.92 Å². The van der Waals surface area contributed by atoms with E-state index in [0.29, 0.717) is 12.3 Å². The van der Waals surface area contributed by atoms with Gasteiger partial charge in [-0.15, -0.1) is 0 Å². The predicted octanol–water partition coefficient (Wildman–Crippen LogP) is 2.04. The van der Waals surface area contributed by atoms with Gasteiger partial charge in [0.2, 0.25) is 0 Å². The first-order valence-electron chi connectivity index (χ1n) is 5.86. The van der Waals surface area contributed by atoms with Gasteiger partial charge in [0, 0.05) is 25.3 Å². The van der Waals surface area contributed by atoms with Crippen LogP contribution >= 0.6 is 0 Å². The number of hydrogen-bond donors (Lipinski definition) is 1. The first kappa shape index (κ1) is 13.9. The van der Waals surface area contributed by atoms with Crippen molar-refractivity contribution in [3.05, 3.63) is 29.6 Å². The van der Waals surface area contributed by atoms with Crippen molar-refractivity contribution < 1.29 is 14.2 Å². The summed E-state index contributed by atoms with van der Waals surface area (Å²) < 4.78 is 18.4. The highest BCUT2D eigenvalue weighted by Crippen LogP contribution is 2.21. The van der Waals surface area contributed by atoms with Crippen LogP contribution in [0.3, 0.4) is 0 Å². The maximum absolute atomic E-state index is 13.2. The zero-order chi connectivity index (χ0) is 12.7. The highest BCUT2D eigenvalue weighted by Gasteiger charge is 2.09. The number of nitrogens with zero attached hydrogens (tertiary/aromatic N) is 1. The average Bonchev–Trinajstić information content (AvgIpc) is 2.34. The Kier molecular flexibility index (Phi) is 5.94. The molecule has 0 radical (unpaired) electrons. The van der Waals surface area contributed by atoms with Gasteiger partial charge in [-0.05, 0) is 31.2 Å². The van der Waals surface area contributed by atoms with Gasteiger partial charge in [0.25, 0.3) is 0 Å². The first-order chi connectivity index (χ1) is 8.21. The molecule has 1 aromatic rings. The molecular weight excluding hydrogens is 221 g/mol. The molecule has 0 saturated carbocycles. The summed E-state index contributed by atoms with van der Waals surface area (Å²) in [5, 5.41) is 8.81. The molecule has 0 unspecified atom stereocenters. The number of halogens is 1. The minimum absolute atomic E-state index is 0.177. The number of aliphatic hydroxyl groups excluding tert-OH is 1. The van der Waals surface area contributed by atoms with Gasteiger partial charge in [-0.25, -0.2) is 4.39 Å². The second-order valence-corrected chi connectivity index (χ2v) is 3.90. The largest absolute Gasteiger partial charge is 0.496 e. The summed E-state index contributed by atoms with van der Waals surface area (Å²) in [6.45, 7) is 4.52. The Balaban J connectivity index is 2.73. The molecule has 0 spiro atoms. The lowest BCUT2D eigenvalue weighted by molar-refractivity contribution is 0.223. The smallest absolute Gasteiger partial charge is 0.123 e. The molecule has 0 saturated heterocycles. The Labute approximate surface area is 102 Å². The Hall–Kier alpha value is -1.13. The fraction of sp³-hybridized carbons (Fsp3) is 0.538. The third-order valence-electron chi connectivity index (χ3n) is 2.72. The van der Waals surface area contributed by atoms with Crippen LogP contribution in [-0.2, 0) is 6.54 Å². The number of rotatable bonds is 7. The van der Waals surface area contributed by atoms with Crippen molar-refractivity contribution in [3.8, 4) is 5.75 Å². The SMILES string of the molecule is CCN(CCCO)Cc1cc(F)ccc1OC. The van der Waals surface area contributed by atoms with E-state index < -0.39 is 0 Å². The molecule has 0 aromatic heterocycles. The van der Waals surface area contributed by atoms with E-state index in [9.17, 15) is 4.39 Å². The van der Waals surface area contributed by atoms with Crippen molar-refractivity contribution in [1.29, 1.82) is 0 Å². The average molecular weight is 241 g/mol. The summed E-state index contributed by atoms with van der Waals surface area (Å²) in [5.74, 6) is 0.452. The molecular formula is C13H20FNO2. The second-order valence-electron chi connectivity index (χ2n) is 3.90. The van der Waals surface area contributed by atoms with Crippen molar-refractivity contribution in [2.45, 2.75) is 19.9 Å². The van der Waals surface area contributed by atoms with Gasteiger partial charge in [0.1, 0.15) is 11.6 Å². The maximum atomic E-state index is 13.2. The van der Waals surface area contributed by atoms with Crippen LogP contribution in [0.4, 0.5) is 4.39 Å². The third kappa shape index (κ3) is 4.32. The Bertz CT molecular complexity index is 344. The highest BCUT2D eigenvalue weighted by molar-refractivity contribution is 5.33. The van der Waals surface area contributed by atoms with Crippen molar-refractivity contribution in [1.82, 2.24) is 4.90 Å². The zero-order valence-corrected chi connectivity index (χ0v) is 10.4. The van der Waals surface area contributed by atoms with E-state index in [4.69, 9.17) is 9.84 Å². The monoisotopic (exact) mass is 241 g/mol. The summed E-state index contributed by atoms with van der Waals surface area (Å²) in [6.07, 6.45) is 0.728. The normalized spacial score (nSPS) is 10.9. The fourth-order valence-corrected chi connectivity index (χ4v) is 1.75. The molecule has 0 amide bonds. The Morgan fingerprint density at radius 1 is 1.41 bits per heavy atom. The van der Waals surface area contributed by atoms with Crippen LogP contribution in [0.5, 0.6) is 5.75 Å². The molecule has 0 heterocycles. The van der Waals surface area contributed by atoms with Crippen LogP contribution < -0.4 is 4.74 Å². The number of methoxy groups -OCH3 is 1. The number of benzene rings is 1. The quantitative estimate of drug-likeness (QED) is 0.793. The molecule has 0 aliphatic rings. The molecule has 4 heteroatoms. The van der Waals surface area contributed by atoms with Crippen LogP contribution in [0.25, 0.3) is 0 Å². The van der Waals surface area contributed by atoms with Crippen molar-refractivity contribution in [3.63, 3.8) is 0 Å². The van der Waals surface area contributed by atoms with Crippen molar-refractivity contribution in [2.24, 2.45) is 0 Å². The summed E-state index contributed by atoms with van der Waals surface area (Å²) in [6, 6.07) is 4.54. The van der Waals surface area contributed by atoms with E-state index in [-0.39, 0.29) is 12.4 Å². The molecule has 0 bridgehead atoms. The van der Waals surface area contributed by atoms with Crippen LogP contribution in [0.15, 0.2) is 18.2 Å². The van der Waals surface area contributed by atoms with Gasteiger partial charge in [0.05, 0.1) is 7.11 Å². The molecule has 0 aliphatic heterocycles. The van der Waals surface area contributed by atoms with E-state index in [2.05, 4.69) is 4.90 Å². The van der Waals surface area contributed by atoms with E-state index in [1.54, 1.807) is 13.2 Å². The number of hydrogen-bond acceptors (Lipinski definition) is 3. The van der Waals surface area contributed by atoms with Gasteiger partial charge >= 0.3 is 0 Å². The van der Waals surface area contributed by atoms with Gasteiger partial charge < -0.3 is 9.84 Å². The minimum atomic E-state index is -0.251. The molecule has 0 aliphatic carbocycles. The summed E-state index contributed by atoms with van der Waals surface area (Å²) >= 11 is 0. The lowest BCUT2D eigenvalue weighted by atomic mass is 10.1. The number of ether oxygens (including phenoxy) is 1. The van der Waals surface area contributed by atoms with E-state index in [0.717, 1.165) is 25.1 Å². The standard InChI is InChI=1S/C13H20FNO2/c1-3-15(7-4-8-16)10-11-9-12(14)5-6-13(11)17-2/h5-6,9,16H,3-4,7-8,10H2,1-2H3. The third-order valence-corrected chi connectivity index (χ3v) is 2.72. The molecule has 1 rings (SSSR count). The molecule has 1 N–H and O–H groups in total. The molecule has 1 aromatic carbocycles. The summed E-state index contributed by atoms with van der Waals surface area (Å²) in [5.41, 5.74) is 0.840. The van der Waals surface area contributed by atoms with Crippen molar-refractivity contribution in [2.75, 3.05) is 26.8 Å². The van der Waals surface area contributed by atoms with E-state index in [1.165, 1.54) is 12.1 Å².